The van der Waals surface area contributed by atoms with Crippen molar-refractivity contribution in [2.24, 2.45) is 0 Å². The van der Waals surface area contributed by atoms with Crippen LogP contribution in [0, 0.1) is 12.7 Å². The lowest BCUT2D eigenvalue weighted by Crippen LogP contribution is -2.24. The van der Waals surface area contributed by atoms with E-state index in [1.165, 1.54) is 20.3 Å². The minimum Gasteiger partial charge on any atom is -0.494 e. The Labute approximate surface area is 210 Å². The highest BCUT2D eigenvalue weighted by molar-refractivity contribution is 5.96. The van der Waals surface area contributed by atoms with Crippen LogP contribution in [0.5, 0.6) is 17.2 Å². The smallest absolute Gasteiger partial charge is 0.163 e. The molecule has 0 unspecified atom stereocenters. The number of aromatic nitrogens is 1. The third-order valence-corrected chi connectivity index (χ3v) is 5.87. The summed E-state index contributed by atoms with van der Waals surface area (Å²) >= 11 is 0. The summed E-state index contributed by atoms with van der Waals surface area (Å²) in [4.78, 5) is 17.5. The van der Waals surface area contributed by atoms with Crippen molar-refractivity contribution < 1.29 is 33.6 Å². The molecule has 3 aromatic rings. The number of aliphatic hydroxyl groups is 2. The van der Waals surface area contributed by atoms with E-state index < -0.39 is 11.7 Å². The van der Waals surface area contributed by atoms with Crippen LogP contribution in [-0.4, -0.2) is 47.9 Å². The van der Waals surface area contributed by atoms with Gasteiger partial charge in [0.2, 0.25) is 0 Å². The van der Waals surface area contributed by atoms with E-state index >= 15 is 0 Å². The topological polar surface area (TPSA) is 98.1 Å². The number of hydrogen-bond donors (Lipinski definition) is 2. The monoisotopic (exact) mass is 497 g/mol. The molecular formula is C28H32FNO6. The van der Waals surface area contributed by atoms with Gasteiger partial charge in [0.25, 0.3) is 0 Å². The zero-order valence-electron chi connectivity index (χ0n) is 21.2. The van der Waals surface area contributed by atoms with Crippen LogP contribution in [0.3, 0.4) is 0 Å². The Kier molecular flexibility index (Phi) is 8.66. The van der Waals surface area contributed by atoms with Gasteiger partial charge >= 0.3 is 0 Å². The van der Waals surface area contributed by atoms with E-state index in [2.05, 4.69) is 4.98 Å². The average Bonchev–Trinajstić information content (AvgIpc) is 2.87. The van der Waals surface area contributed by atoms with Crippen LogP contribution in [0.4, 0.5) is 4.39 Å². The first-order valence-electron chi connectivity index (χ1n) is 11.6. The van der Waals surface area contributed by atoms with Gasteiger partial charge in [0.1, 0.15) is 29.5 Å². The van der Waals surface area contributed by atoms with Crippen LogP contribution in [-0.2, 0) is 5.60 Å². The van der Waals surface area contributed by atoms with Crippen molar-refractivity contribution in [3.63, 3.8) is 0 Å². The van der Waals surface area contributed by atoms with Crippen molar-refractivity contribution in [3.8, 4) is 28.5 Å². The van der Waals surface area contributed by atoms with Gasteiger partial charge in [-0.05, 0) is 81.3 Å². The maximum atomic E-state index is 13.8. The normalized spacial score (nSPS) is 13.6. The second-order valence-corrected chi connectivity index (χ2v) is 8.93. The highest BCUT2D eigenvalue weighted by atomic mass is 19.1. The Morgan fingerprint density at radius 1 is 1.06 bits per heavy atom. The highest BCUT2D eigenvalue weighted by Gasteiger charge is 2.28. The maximum Gasteiger partial charge on any atom is 0.163 e. The van der Waals surface area contributed by atoms with Gasteiger partial charge in [-0.25, -0.2) is 9.37 Å². The standard InChI is InChI=1S/C28H32FNO6/c1-17-14-20(6-8-21(17)29)27-24(34-4)10-11-26(30-27)28(3,33)13-12-22(32)19-7-9-23(25(15-19)35-5)36-16-18(2)31/h6-11,14-15,18,31,33H,12-13,16H2,1-5H3/t18-,28-/m1/s1. The third kappa shape index (κ3) is 6.38. The van der Waals surface area contributed by atoms with Crippen molar-refractivity contribution >= 4 is 5.78 Å². The molecule has 2 atom stereocenters. The summed E-state index contributed by atoms with van der Waals surface area (Å²) < 4.78 is 30.0. The lowest BCUT2D eigenvalue weighted by atomic mass is 9.92. The molecule has 0 bridgehead atoms. The van der Waals surface area contributed by atoms with E-state index in [0.717, 1.165) is 0 Å². The van der Waals surface area contributed by atoms with E-state index in [1.54, 1.807) is 63.2 Å². The van der Waals surface area contributed by atoms with Gasteiger partial charge in [0.15, 0.2) is 17.3 Å². The molecule has 1 heterocycles. The number of carbonyl (C=O) groups is 1. The molecule has 3 rings (SSSR count). The van der Waals surface area contributed by atoms with Crippen LogP contribution in [0.2, 0.25) is 0 Å². The predicted molar refractivity (Wildman–Crippen MR) is 134 cm³/mol. The summed E-state index contributed by atoms with van der Waals surface area (Å²) in [5, 5.41) is 20.6. The van der Waals surface area contributed by atoms with Crippen molar-refractivity contribution in [3.05, 3.63) is 71.2 Å². The summed E-state index contributed by atoms with van der Waals surface area (Å²) in [5.41, 5.74) is 0.976. The van der Waals surface area contributed by atoms with Gasteiger partial charge in [-0.2, -0.15) is 0 Å². The molecule has 2 aromatic carbocycles. The van der Waals surface area contributed by atoms with Gasteiger partial charge in [-0.3, -0.25) is 4.79 Å². The van der Waals surface area contributed by atoms with Gasteiger partial charge in [-0.15, -0.1) is 0 Å². The van der Waals surface area contributed by atoms with Gasteiger partial charge in [-0.1, -0.05) is 0 Å². The molecule has 2 N–H and O–H groups in total. The molecule has 192 valence electrons. The number of carbonyl (C=O) groups excluding carboxylic acids is 1. The molecule has 0 spiro atoms. The number of methoxy groups -OCH3 is 2. The Hall–Kier alpha value is -3.49. The quantitative estimate of drug-likeness (QED) is 0.366. The predicted octanol–water partition coefficient (Wildman–Crippen LogP) is 4.84. The number of pyridine rings is 1. The van der Waals surface area contributed by atoms with Crippen LogP contribution >= 0.6 is 0 Å². The maximum absolute atomic E-state index is 13.8. The largest absolute Gasteiger partial charge is 0.494 e. The zero-order valence-corrected chi connectivity index (χ0v) is 21.2. The summed E-state index contributed by atoms with van der Waals surface area (Å²) in [6.45, 7) is 4.97. The van der Waals surface area contributed by atoms with E-state index in [-0.39, 0.29) is 31.0 Å². The van der Waals surface area contributed by atoms with Gasteiger partial charge < -0.3 is 24.4 Å². The Morgan fingerprint density at radius 2 is 1.75 bits per heavy atom. The molecule has 1 aromatic heterocycles. The molecule has 0 radical (unpaired) electrons. The third-order valence-electron chi connectivity index (χ3n) is 5.87. The Bertz CT molecular complexity index is 1220. The number of ether oxygens (including phenoxy) is 3. The first-order valence-corrected chi connectivity index (χ1v) is 11.6. The number of halogens is 1. The number of Topliss-reactive ketones (excluding diaryl/α,β-unsaturated/α-hetero) is 1. The van der Waals surface area contributed by atoms with Crippen LogP contribution in [0.1, 0.15) is 48.3 Å². The number of rotatable bonds is 11. The number of ketones is 1. The second kappa shape index (κ2) is 11.5. The lowest BCUT2D eigenvalue weighted by Gasteiger charge is -2.24. The molecule has 0 aliphatic rings. The van der Waals surface area contributed by atoms with E-state index in [9.17, 15) is 19.4 Å². The van der Waals surface area contributed by atoms with Gasteiger partial charge in [0.05, 0.1) is 26.0 Å². The number of nitrogens with zero attached hydrogens (tertiary/aromatic N) is 1. The van der Waals surface area contributed by atoms with E-state index in [1.807, 2.05) is 0 Å². The van der Waals surface area contributed by atoms with Crippen molar-refractivity contribution in [2.45, 2.75) is 45.3 Å². The lowest BCUT2D eigenvalue weighted by molar-refractivity contribution is 0.0397. The number of aryl methyl sites for hydroxylation is 1. The molecule has 0 aliphatic carbocycles. The van der Waals surface area contributed by atoms with E-state index in [0.29, 0.717) is 45.3 Å². The minimum absolute atomic E-state index is 0.0583. The molecule has 0 fully saturated rings. The molecular weight excluding hydrogens is 465 g/mol. The van der Waals surface area contributed by atoms with Gasteiger partial charge in [0, 0.05) is 17.5 Å². The second-order valence-electron chi connectivity index (χ2n) is 8.93. The fourth-order valence-corrected chi connectivity index (χ4v) is 3.71. The summed E-state index contributed by atoms with van der Waals surface area (Å²) in [5.74, 6) is 0.788. The Balaban J connectivity index is 1.79. The summed E-state index contributed by atoms with van der Waals surface area (Å²) in [6.07, 6.45) is -0.462. The fourth-order valence-electron chi connectivity index (χ4n) is 3.71. The zero-order chi connectivity index (χ0) is 26.5. The Morgan fingerprint density at radius 3 is 2.39 bits per heavy atom. The van der Waals surface area contributed by atoms with Crippen LogP contribution < -0.4 is 14.2 Å². The van der Waals surface area contributed by atoms with E-state index in [4.69, 9.17) is 14.2 Å². The molecule has 0 saturated heterocycles. The number of aliphatic hydroxyl groups excluding tert-OH is 1. The minimum atomic E-state index is -1.41. The van der Waals surface area contributed by atoms with Crippen LogP contribution in [0.15, 0.2) is 48.5 Å². The first-order chi connectivity index (χ1) is 17.1. The molecule has 36 heavy (non-hydrogen) atoms. The summed E-state index contributed by atoms with van der Waals surface area (Å²) in [6, 6.07) is 12.8. The SMILES string of the molecule is COc1cc(C(=O)CC[C@@](C)(O)c2ccc(OC)c(-c3ccc(F)c(C)c3)n2)ccc1OC[C@@H](C)O. The first kappa shape index (κ1) is 27.1. The highest BCUT2D eigenvalue weighted by Crippen LogP contribution is 2.34. The van der Waals surface area contributed by atoms with Crippen molar-refractivity contribution in [1.82, 2.24) is 4.98 Å². The number of benzene rings is 2. The van der Waals surface area contributed by atoms with Crippen molar-refractivity contribution in [2.75, 3.05) is 20.8 Å². The fraction of sp³-hybridized carbons (Fsp3) is 0.357. The molecule has 0 aliphatic heterocycles. The van der Waals surface area contributed by atoms with Crippen molar-refractivity contribution in [1.29, 1.82) is 0 Å². The average molecular weight is 498 g/mol. The molecule has 0 saturated carbocycles. The molecule has 0 amide bonds. The molecule has 8 heteroatoms. The van der Waals surface area contributed by atoms with Crippen LogP contribution in [0.25, 0.3) is 11.3 Å². The number of hydrogen-bond acceptors (Lipinski definition) is 7. The summed E-state index contributed by atoms with van der Waals surface area (Å²) in [7, 11) is 2.99. The molecule has 7 nitrogen and oxygen atoms in total.